The maximum absolute atomic E-state index is 13.2. The molecule has 1 aromatic rings. The van der Waals surface area contributed by atoms with Crippen LogP contribution in [0, 0.1) is 11.8 Å². The summed E-state index contributed by atoms with van der Waals surface area (Å²) in [5.41, 5.74) is 0.368. The van der Waals surface area contributed by atoms with Crippen molar-refractivity contribution in [3.05, 3.63) is 32.8 Å². The van der Waals surface area contributed by atoms with Crippen LogP contribution in [0.5, 0.6) is 0 Å². The molecule has 0 aromatic heterocycles. The van der Waals surface area contributed by atoms with Gasteiger partial charge in [0.25, 0.3) is 0 Å². The third-order valence-corrected chi connectivity index (χ3v) is 7.14. The van der Waals surface area contributed by atoms with Gasteiger partial charge in [0.1, 0.15) is 12.2 Å². The zero-order valence-electron chi connectivity index (χ0n) is 21.9. The minimum Gasteiger partial charge on any atom is -0.459 e. The monoisotopic (exact) mass is 558 g/mol. The molecule has 0 aliphatic carbocycles. The van der Waals surface area contributed by atoms with E-state index in [9.17, 15) is 9.59 Å². The zero-order valence-corrected chi connectivity index (χ0v) is 24.3. The predicted molar refractivity (Wildman–Crippen MR) is 145 cm³/mol. The summed E-state index contributed by atoms with van der Waals surface area (Å²) in [4.78, 5) is 26.5. The quantitative estimate of drug-likeness (QED) is 0.189. The molecule has 0 aliphatic rings. The van der Waals surface area contributed by atoms with Crippen molar-refractivity contribution in [2.24, 2.45) is 11.8 Å². The lowest BCUT2D eigenvalue weighted by molar-refractivity contribution is 0.0196. The lowest BCUT2D eigenvalue weighted by atomic mass is 10.0. The summed E-state index contributed by atoms with van der Waals surface area (Å²) in [5, 5.41) is 0.359. The van der Waals surface area contributed by atoms with Gasteiger partial charge in [-0.25, -0.2) is 9.59 Å². The number of carbonyl (C=O) groups is 2. The van der Waals surface area contributed by atoms with Gasteiger partial charge in [-0.15, -0.1) is 0 Å². The van der Waals surface area contributed by atoms with Crippen molar-refractivity contribution >= 4 is 39.5 Å². The van der Waals surface area contributed by atoms with E-state index in [0.717, 1.165) is 64.2 Å². The second-order valence-corrected chi connectivity index (χ2v) is 11.4. The van der Waals surface area contributed by atoms with Crippen molar-refractivity contribution in [3.8, 4) is 0 Å². The van der Waals surface area contributed by atoms with Gasteiger partial charge in [-0.1, -0.05) is 78.8 Å². The van der Waals surface area contributed by atoms with E-state index in [2.05, 4.69) is 57.5 Å². The molecule has 0 saturated heterocycles. The van der Waals surface area contributed by atoms with Crippen molar-refractivity contribution in [1.82, 2.24) is 0 Å². The Morgan fingerprint density at radius 1 is 0.765 bits per heavy atom. The molecule has 0 spiro atoms. The van der Waals surface area contributed by atoms with Crippen molar-refractivity contribution in [1.29, 1.82) is 0 Å². The van der Waals surface area contributed by atoms with Gasteiger partial charge in [0.05, 0.1) is 16.1 Å². The van der Waals surface area contributed by atoms with Gasteiger partial charge >= 0.3 is 11.9 Å². The minimum atomic E-state index is -0.515. The van der Waals surface area contributed by atoms with Crippen LogP contribution in [0.25, 0.3) is 0 Å². The molecule has 0 N–H and O–H groups in total. The second-order valence-electron chi connectivity index (χ2n) is 10.1. The number of hydrogen-bond donors (Lipinski definition) is 0. The smallest absolute Gasteiger partial charge is 0.339 e. The Morgan fingerprint density at radius 2 is 1.18 bits per heavy atom. The van der Waals surface area contributed by atoms with Gasteiger partial charge in [0.15, 0.2) is 0 Å². The van der Waals surface area contributed by atoms with E-state index in [0.29, 0.717) is 21.3 Å². The number of rotatable bonds is 16. The number of esters is 2. The molecule has 0 aliphatic heterocycles. The van der Waals surface area contributed by atoms with Gasteiger partial charge in [0.2, 0.25) is 0 Å². The molecule has 2 atom stereocenters. The first-order valence-electron chi connectivity index (χ1n) is 13.0. The van der Waals surface area contributed by atoms with Crippen LogP contribution < -0.4 is 0 Å². The molecule has 0 radical (unpaired) electrons. The molecule has 6 heteroatoms. The SMILES string of the molecule is CCCCC(CCC(C)C)OC(=O)c1cc(Cl)c(Br)cc1C(=O)OC(CCCC)CCC(C)C. The number of hydrogen-bond acceptors (Lipinski definition) is 4. The van der Waals surface area contributed by atoms with Crippen molar-refractivity contribution in [3.63, 3.8) is 0 Å². The first-order chi connectivity index (χ1) is 16.1. The van der Waals surface area contributed by atoms with Gasteiger partial charge in [-0.2, -0.15) is 0 Å². The van der Waals surface area contributed by atoms with Gasteiger partial charge in [-0.05, 0) is 78.4 Å². The van der Waals surface area contributed by atoms with Crippen LogP contribution in [-0.2, 0) is 9.47 Å². The molecule has 0 fully saturated rings. The van der Waals surface area contributed by atoms with Crippen LogP contribution in [0.4, 0.5) is 0 Å². The van der Waals surface area contributed by atoms with Crippen LogP contribution in [0.3, 0.4) is 0 Å². The largest absolute Gasteiger partial charge is 0.459 e. The summed E-state index contributed by atoms with van der Waals surface area (Å²) in [6, 6.07) is 3.09. The first kappa shape index (κ1) is 31.0. The fourth-order valence-electron chi connectivity index (χ4n) is 3.74. The number of unbranched alkanes of at least 4 members (excludes halogenated alkanes) is 2. The molecule has 0 saturated carbocycles. The van der Waals surface area contributed by atoms with Crippen LogP contribution in [-0.4, -0.2) is 24.1 Å². The summed E-state index contributed by atoms with van der Waals surface area (Å²) in [6.07, 6.45) is 8.91. The van der Waals surface area contributed by atoms with Gasteiger partial charge in [-0.3, -0.25) is 0 Å². The standard InChI is InChI=1S/C28H44BrClO4/c1-7-9-11-21(15-13-19(3)4)33-27(31)23-17-25(29)26(30)18-24(23)28(32)34-22(12-10-8-2)16-14-20(5)6/h17-22H,7-16H2,1-6H3. The fraction of sp³-hybridized carbons (Fsp3) is 0.714. The highest BCUT2D eigenvalue weighted by molar-refractivity contribution is 9.10. The minimum absolute atomic E-state index is 0.169. The Balaban J connectivity index is 3.12. The Hall–Kier alpha value is -1.07. The van der Waals surface area contributed by atoms with E-state index in [-0.39, 0.29) is 23.3 Å². The number of carbonyl (C=O) groups excluding carboxylic acids is 2. The summed E-state index contributed by atoms with van der Waals surface area (Å²) in [6.45, 7) is 12.9. The highest BCUT2D eigenvalue weighted by Crippen LogP contribution is 2.29. The lowest BCUT2D eigenvalue weighted by Gasteiger charge is -2.21. The van der Waals surface area contributed by atoms with Crippen molar-refractivity contribution in [2.75, 3.05) is 0 Å². The highest BCUT2D eigenvalue weighted by Gasteiger charge is 2.26. The maximum Gasteiger partial charge on any atom is 0.339 e. The van der Waals surface area contributed by atoms with Crippen molar-refractivity contribution in [2.45, 2.75) is 118 Å². The van der Waals surface area contributed by atoms with E-state index in [1.807, 2.05) is 0 Å². The van der Waals surface area contributed by atoms with Crippen LogP contribution in [0.15, 0.2) is 16.6 Å². The molecule has 0 amide bonds. The predicted octanol–water partition coefficient (Wildman–Crippen LogP) is 9.41. The normalized spacial score (nSPS) is 13.2. The molecule has 2 unspecified atom stereocenters. The van der Waals surface area contributed by atoms with E-state index < -0.39 is 11.9 Å². The fourth-order valence-corrected chi connectivity index (χ4v) is 4.25. The second kappa shape index (κ2) is 16.6. The Labute approximate surface area is 220 Å². The molecule has 34 heavy (non-hydrogen) atoms. The topological polar surface area (TPSA) is 52.6 Å². The lowest BCUT2D eigenvalue weighted by Crippen LogP contribution is -2.24. The molecule has 4 nitrogen and oxygen atoms in total. The van der Waals surface area contributed by atoms with E-state index in [1.54, 1.807) is 6.07 Å². The molecule has 194 valence electrons. The van der Waals surface area contributed by atoms with E-state index in [1.165, 1.54) is 6.07 Å². The average Bonchev–Trinajstić information content (AvgIpc) is 2.78. The molecular formula is C28H44BrClO4. The van der Waals surface area contributed by atoms with E-state index >= 15 is 0 Å². The van der Waals surface area contributed by atoms with E-state index in [4.69, 9.17) is 21.1 Å². The van der Waals surface area contributed by atoms with Gasteiger partial charge < -0.3 is 9.47 Å². The van der Waals surface area contributed by atoms with Crippen LogP contribution in [0.1, 0.15) is 126 Å². The van der Waals surface area contributed by atoms with Crippen LogP contribution >= 0.6 is 27.5 Å². The number of ether oxygens (including phenoxy) is 2. The Morgan fingerprint density at radius 3 is 1.56 bits per heavy atom. The molecular weight excluding hydrogens is 516 g/mol. The van der Waals surface area contributed by atoms with Gasteiger partial charge in [0, 0.05) is 4.47 Å². The van der Waals surface area contributed by atoms with Crippen molar-refractivity contribution < 1.29 is 19.1 Å². The summed E-state index contributed by atoms with van der Waals surface area (Å²) < 4.78 is 12.4. The third kappa shape index (κ3) is 11.6. The zero-order chi connectivity index (χ0) is 25.7. The molecule has 0 bridgehead atoms. The van der Waals surface area contributed by atoms with Crippen LogP contribution in [0.2, 0.25) is 5.02 Å². The average molecular weight is 560 g/mol. The Kier molecular flexibility index (Phi) is 15.1. The third-order valence-electron chi connectivity index (χ3n) is 5.94. The molecule has 0 heterocycles. The molecule has 1 rings (SSSR count). The number of halogens is 2. The summed E-state index contributed by atoms with van der Waals surface area (Å²) in [5.74, 6) is 0.0466. The summed E-state index contributed by atoms with van der Waals surface area (Å²) in [7, 11) is 0. The first-order valence-corrected chi connectivity index (χ1v) is 14.2. The maximum atomic E-state index is 13.2. The Bertz CT molecular complexity index is 700. The highest BCUT2D eigenvalue weighted by atomic mass is 79.9. The molecule has 1 aromatic carbocycles. The number of benzene rings is 1. The summed E-state index contributed by atoms with van der Waals surface area (Å²) >= 11 is 9.70.